The molecule has 3 heteroatoms. The number of hydrogen-bond donors (Lipinski definition) is 0. The van der Waals surface area contributed by atoms with Crippen LogP contribution in [0.5, 0.6) is 0 Å². The maximum absolute atomic E-state index is 12.1. The Morgan fingerprint density at radius 2 is 1.94 bits per heavy atom. The molecular weight excluding hydrogens is 242 g/mol. The summed E-state index contributed by atoms with van der Waals surface area (Å²) >= 11 is 1.68. The van der Waals surface area contributed by atoms with Gasteiger partial charge in [0.25, 0.3) is 0 Å². The average Bonchev–Trinajstić information content (AvgIpc) is 2.85. The quantitative estimate of drug-likeness (QED) is 0.825. The molecule has 1 heterocycles. The van der Waals surface area contributed by atoms with Gasteiger partial charge in [0.15, 0.2) is 0 Å². The first kappa shape index (κ1) is 12.8. The van der Waals surface area contributed by atoms with Crippen LogP contribution >= 0.6 is 11.3 Å². The topological polar surface area (TPSA) is 20.3 Å². The number of benzene rings is 1. The van der Waals surface area contributed by atoms with Crippen LogP contribution < -0.4 is 0 Å². The number of carbonyl (C=O) groups excluding carboxylic acids is 1. The maximum Gasteiger partial charge on any atom is 0.227 e. The molecule has 0 unspecified atom stereocenters. The number of hydrogen-bond acceptors (Lipinski definition) is 2. The van der Waals surface area contributed by atoms with E-state index in [1.54, 1.807) is 16.2 Å². The summed E-state index contributed by atoms with van der Waals surface area (Å²) < 4.78 is 0. The zero-order valence-electron chi connectivity index (χ0n) is 10.7. The lowest BCUT2D eigenvalue weighted by Gasteiger charge is -2.16. The molecular formula is C15H17NOS. The molecule has 1 aromatic heterocycles. The molecule has 0 saturated carbocycles. The van der Waals surface area contributed by atoms with Crippen LogP contribution in [0.4, 0.5) is 0 Å². The molecule has 0 saturated heterocycles. The highest BCUT2D eigenvalue weighted by Gasteiger charge is 2.10. The van der Waals surface area contributed by atoms with E-state index in [-0.39, 0.29) is 5.91 Å². The van der Waals surface area contributed by atoms with Crippen molar-refractivity contribution in [2.45, 2.75) is 19.9 Å². The number of amides is 1. The summed E-state index contributed by atoms with van der Waals surface area (Å²) in [5, 5.41) is 2.04. The lowest BCUT2D eigenvalue weighted by atomic mass is 10.1. The summed E-state index contributed by atoms with van der Waals surface area (Å²) in [5.41, 5.74) is 2.29. The maximum atomic E-state index is 12.1. The van der Waals surface area contributed by atoms with E-state index < -0.39 is 0 Å². The van der Waals surface area contributed by atoms with Gasteiger partial charge in [0, 0.05) is 11.9 Å². The Morgan fingerprint density at radius 1 is 1.22 bits per heavy atom. The molecule has 0 N–H and O–H groups in total. The Bertz CT molecular complexity index is 502. The fraction of sp³-hybridized carbons (Fsp3) is 0.267. The van der Waals surface area contributed by atoms with Gasteiger partial charge in [-0.2, -0.15) is 0 Å². The zero-order valence-corrected chi connectivity index (χ0v) is 11.5. The van der Waals surface area contributed by atoms with Gasteiger partial charge < -0.3 is 4.90 Å². The van der Waals surface area contributed by atoms with E-state index in [1.165, 1.54) is 10.4 Å². The summed E-state index contributed by atoms with van der Waals surface area (Å²) in [7, 11) is 1.86. The molecule has 0 radical (unpaired) electrons. The van der Waals surface area contributed by atoms with E-state index in [0.717, 1.165) is 5.56 Å². The van der Waals surface area contributed by atoms with Crippen molar-refractivity contribution in [3.8, 4) is 0 Å². The van der Waals surface area contributed by atoms with Gasteiger partial charge in [0.1, 0.15) is 0 Å². The Morgan fingerprint density at radius 3 is 2.56 bits per heavy atom. The number of thiophene rings is 1. The summed E-state index contributed by atoms with van der Waals surface area (Å²) in [4.78, 5) is 15.1. The van der Waals surface area contributed by atoms with Crippen molar-refractivity contribution in [3.63, 3.8) is 0 Å². The van der Waals surface area contributed by atoms with Crippen LogP contribution in [-0.4, -0.2) is 17.9 Å². The van der Waals surface area contributed by atoms with Crippen molar-refractivity contribution in [3.05, 3.63) is 57.8 Å². The standard InChI is InChI=1S/C15H17NOS/c1-12-5-7-13(8-6-12)10-15(17)16(2)11-14-4-3-9-18-14/h3-9H,10-11H2,1-2H3. The van der Waals surface area contributed by atoms with Gasteiger partial charge in [-0.3, -0.25) is 4.79 Å². The largest absolute Gasteiger partial charge is 0.340 e. The van der Waals surface area contributed by atoms with E-state index >= 15 is 0 Å². The van der Waals surface area contributed by atoms with Crippen LogP contribution in [0.15, 0.2) is 41.8 Å². The monoisotopic (exact) mass is 259 g/mol. The van der Waals surface area contributed by atoms with Crippen LogP contribution in [0.3, 0.4) is 0 Å². The van der Waals surface area contributed by atoms with Crippen molar-refractivity contribution >= 4 is 17.2 Å². The smallest absolute Gasteiger partial charge is 0.227 e. The number of rotatable bonds is 4. The highest BCUT2D eigenvalue weighted by molar-refractivity contribution is 7.09. The number of nitrogens with zero attached hydrogens (tertiary/aromatic N) is 1. The molecule has 0 spiro atoms. The first-order chi connectivity index (χ1) is 8.65. The molecule has 1 aromatic carbocycles. The molecule has 0 aliphatic rings. The first-order valence-corrected chi connectivity index (χ1v) is 6.85. The minimum absolute atomic E-state index is 0.159. The lowest BCUT2D eigenvalue weighted by molar-refractivity contribution is -0.129. The molecule has 94 valence electrons. The normalized spacial score (nSPS) is 10.3. The van der Waals surface area contributed by atoms with Gasteiger partial charge in [-0.25, -0.2) is 0 Å². The van der Waals surface area contributed by atoms with E-state index in [9.17, 15) is 4.79 Å². The van der Waals surface area contributed by atoms with Crippen LogP contribution in [0.2, 0.25) is 0 Å². The van der Waals surface area contributed by atoms with Gasteiger partial charge in [0.05, 0.1) is 13.0 Å². The fourth-order valence-electron chi connectivity index (χ4n) is 1.74. The Labute approximate surface area is 112 Å². The summed E-state index contributed by atoms with van der Waals surface area (Å²) in [6.07, 6.45) is 0.474. The SMILES string of the molecule is Cc1ccc(CC(=O)N(C)Cc2cccs2)cc1. The lowest BCUT2D eigenvalue weighted by Crippen LogP contribution is -2.27. The molecule has 0 atom stereocenters. The predicted molar refractivity (Wildman–Crippen MR) is 75.7 cm³/mol. The second-order valence-corrected chi connectivity index (χ2v) is 5.52. The van der Waals surface area contributed by atoms with Crippen LogP contribution in [0, 0.1) is 6.92 Å². The van der Waals surface area contributed by atoms with E-state index in [2.05, 4.69) is 13.0 Å². The molecule has 1 amide bonds. The van der Waals surface area contributed by atoms with Crippen molar-refractivity contribution in [2.75, 3.05) is 7.05 Å². The average molecular weight is 259 g/mol. The number of carbonyl (C=O) groups is 1. The second-order valence-electron chi connectivity index (χ2n) is 4.49. The molecule has 0 aliphatic carbocycles. The molecule has 0 fully saturated rings. The molecule has 2 aromatic rings. The molecule has 2 rings (SSSR count). The summed E-state index contributed by atoms with van der Waals surface area (Å²) in [6, 6.07) is 12.2. The van der Waals surface area contributed by atoms with E-state index in [0.29, 0.717) is 13.0 Å². The third kappa shape index (κ3) is 3.44. The summed E-state index contributed by atoms with van der Waals surface area (Å²) in [5.74, 6) is 0.159. The predicted octanol–water partition coefficient (Wildman–Crippen LogP) is 3.26. The van der Waals surface area contributed by atoms with Gasteiger partial charge in [-0.1, -0.05) is 35.9 Å². The summed E-state index contributed by atoms with van der Waals surface area (Å²) in [6.45, 7) is 2.75. The third-order valence-corrected chi connectivity index (χ3v) is 3.74. The van der Waals surface area contributed by atoms with E-state index in [4.69, 9.17) is 0 Å². The van der Waals surface area contributed by atoms with Crippen molar-refractivity contribution < 1.29 is 4.79 Å². The Kier molecular flexibility index (Phi) is 4.15. The van der Waals surface area contributed by atoms with Gasteiger partial charge >= 0.3 is 0 Å². The highest BCUT2D eigenvalue weighted by atomic mass is 32.1. The molecule has 2 nitrogen and oxygen atoms in total. The Balaban J connectivity index is 1.93. The fourth-order valence-corrected chi connectivity index (χ4v) is 2.50. The molecule has 0 aliphatic heterocycles. The highest BCUT2D eigenvalue weighted by Crippen LogP contribution is 2.12. The first-order valence-electron chi connectivity index (χ1n) is 5.97. The minimum atomic E-state index is 0.159. The van der Waals surface area contributed by atoms with Crippen molar-refractivity contribution in [2.24, 2.45) is 0 Å². The number of likely N-dealkylation sites (N-methyl/N-ethyl adjacent to an activating group) is 1. The third-order valence-electron chi connectivity index (χ3n) is 2.87. The van der Waals surface area contributed by atoms with Gasteiger partial charge in [0.2, 0.25) is 5.91 Å². The molecule has 0 bridgehead atoms. The second kappa shape index (κ2) is 5.83. The van der Waals surface area contributed by atoms with Gasteiger partial charge in [-0.15, -0.1) is 11.3 Å². The zero-order chi connectivity index (χ0) is 13.0. The molecule has 18 heavy (non-hydrogen) atoms. The minimum Gasteiger partial charge on any atom is -0.340 e. The number of aryl methyl sites for hydroxylation is 1. The van der Waals surface area contributed by atoms with Crippen molar-refractivity contribution in [1.29, 1.82) is 0 Å². The Hall–Kier alpha value is -1.61. The van der Waals surface area contributed by atoms with Gasteiger partial charge in [-0.05, 0) is 23.9 Å². The van der Waals surface area contributed by atoms with Crippen LogP contribution in [0.1, 0.15) is 16.0 Å². The van der Waals surface area contributed by atoms with Crippen LogP contribution in [0.25, 0.3) is 0 Å². The van der Waals surface area contributed by atoms with Crippen molar-refractivity contribution in [1.82, 2.24) is 4.90 Å². The van der Waals surface area contributed by atoms with Crippen LogP contribution in [-0.2, 0) is 17.8 Å². The van der Waals surface area contributed by atoms with E-state index in [1.807, 2.05) is 42.8 Å².